The molecule has 0 aliphatic heterocycles. The van der Waals surface area contributed by atoms with Crippen LogP contribution in [0, 0.1) is 0 Å². The van der Waals surface area contributed by atoms with Crippen LogP contribution < -0.4 is 0 Å². The van der Waals surface area contributed by atoms with Crippen molar-refractivity contribution in [2.24, 2.45) is 14.1 Å². The fourth-order valence-electron chi connectivity index (χ4n) is 2.08. The van der Waals surface area contributed by atoms with E-state index in [4.69, 9.17) is 0 Å². The number of hydrogen-bond donors (Lipinski definition) is 1. The first kappa shape index (κ1) is 12.8. The summed E-state index contributed by atoms with van der Waals surface area (Å²) >= 11 is 3.44. The number of rotatable bonds is 3. The van der Waals surface area contributed by atoms with Gasteiger partial charge in [0.2, 0.25) is 0 Å². The Morgan fingerprint density at radius 1 is 1.50 bits per heavy atom. The molecule has 96 valence electrons. The molecule has 0 fully saturated rings. The van der Waals surface area contributed by atoms with Crippen molar-refractivity contribution in [3.63, 3.8) is 0 Å². The molecule has 1 N–H and O–H groups in total. The van der Waals surface area contributed by atoms with Crippen LogP contribution in [0.3, 0.4) is 0 Å². The summed E-state index contributed by atoms with van der Waals surface area (Å²) in [5.74, 6) is -0.287. The van der Waals surface area contributed by atoms with E-state index in [1.165, 1.54) is 6.33 Å². The maximum atomic E-state index is 11.3. The Bertz CT molecular complexity index is 615. The predicted molar refractivity (Wildman–Crippen MR) is 69.4 cm³/mol. The molecule has 2 aromatic heterocycles. The van der Waals surface area contributed by atoms with Crippen molar-refractivity contribution in [1.29, 1.82) is 0 Å². The molecule has 2 aromatic rings. The van der Waals surface area contributed by atoms with E-state index in [1.807, 2.05) is 6.92 Å². The Balaban J connectivity index is 2.80. The van der Waals surface area contributed by atoms with Crippen molar-refractivity contribution in [2.75, 3.05) is 0 Å². The third-order valence-electron chi connectivity index (χ3n) is 2.91. The van der Waals surface area contributed by atoms with E-state index in [9.17, 15) is 9.90 Å². The zero-order valence-corrected chi connectivity index (χ0v) is 11.9. The van der Waals surface area contributed by atoms with E-state index in [0.29, 0.717) is 16.8 Å². The number of aromatic carboxylic acids is 1. The van der Waals surface area contributed by atoms with Crippen LogP contribution in [0.2, 0.25) is 0 Å². The van der Waals surface area contributed by atoms with E-state index in [1.54, 1.807) is 23.3 Å². The van der Waals surface area contributed by atoms with E-state index < -0.39 is 5.97 Å². The first-order valence-electron chi connectivity index (χ1n) is 5.43. The standard InChI is InChI=1S/C11H13BrN4O2/c1-4-6-7(10-13-5-14-16(10)3)9(12)15(2)8(6)11(17)18/h5H,4H2,1-3H3,(H,17,18). The van der Waals surface area contributed by atoms with Gasteiger partial charge in [0.15, 0.2) is 5.82 Å². The second-order valence-corrected chi connectivity index (χ2v) is 4.67. The summed E-state index contributed by atoms with van der Waals surface area (Å²) in [5.41, 5.74) is 1.83. The van der Waals surface area contributed by atoms with Crippen molar-refractivity contribution in [2.45, 2.75) is 13.3 Å². The van der Waals surface area contributed by atoms with Gasteiger partial charge in [-0.05, 0) is 27.9 Å². The van der Waals surface area contributed by atoms with Crippen LogP contribution in [-0.4, -0.2) is 30.4 Å². The topological polar surface area (TPSA) is 72.9 Å². The minimum absolute atomic E-state index is 0.280. The summed E-state index contributed by atoms with van der Waals surface area (Å²) in [5, 5.41) is 13.3. The van der Waals surface area contributed by atoms with Crippen LogP contribution in [-0.2, 0) is 20.5 Å². The fraction of sp³-hybridized carbons (Fsp3) is 0.364. The van der Waals surface area contributed by atoms with Gasteiger partial charge < -0.3 is 9.67 Å². The Morgan fingerprint density at radius 3 is 2.61 bits per heavy atom. The van der Waals surface area contributed by atoms with Gasteiger partial charge in [0.25, 0.3) is 0 Å². The molecule has 0 bridgehead atoms. The van der Waals surface area contributed by atoms with E-state index in [0.717, 1.165) is 11.1 Å². The highest BCUT2D eigenvalue weighted by molar-refractivity contribution is 9.10. The Labute approximate surface area is 112 Å². The summed E-state index contributed by atoms with van der Waals surface area (Å²) in [4.78, 5) is 15.5. The van der Waals surface area contributed by atoms with Gasteiger partial charge in [0, 0.05) is 14.1 Å². The molecule has 0 aliphatic carbocycles. The van der Waals surface area contributed by atoms with E-state index in [-0.39, 0.29) is 5.69 Å². The number of carboxylic acids is 1. The molecule has 0 atom stereocenters. The van der Waals surface area contributed by atoms with E-state index >= 15 is 0 Å². The molecule has 0 saturated heterocycles. The highest BCUT2D eigenvalue weighted by Crippen LogP contribution is 2.34. The summed E-state index contributed by atoms with van der Waals surface area (Å²) in [6, 6.07) is 0. The monoisotopic (exact) mass is 312 g/mol. The van der Waals surface area contributed by atoms with Crippen molar-refractivity contribution in [1.82, 2.24) is 19.3 Å². The minimum Gasteiger partial charge on any atom is -0.477 e. The number of nitrogens with zero attached hydrogens (tertiary/aromatic N) is 4. The second kappa shape index (κ2) is 4.56. The highest BCUT2D eigenvalue weighted by atomic mass is 79.9. The maximum absolute atomic E-state index is 11.3. The summed E-state index contributed by atoms with van der Waals surface area (Å²) in [6.45, 7) is 1.92. The Kier molecular flexibility index (Phi) is 3.25. The minimum atomic E-state index is -0.941. The van der Waals surface area contributed by atoms with Crippen LogP contribution in [0.5, 0.6) is 0 Å². The third-order valence-corrected chi connectivity index (χ3v) is 3.84. The van der Waals surface area contributed by atoms with Gasteiger partial charge in [0.1, 0.15) is 12.0 Å². The number of halogens is 1. The molecule has 0 aliphatic rings. The molecule has 6 nitrogen and oxygen atoms in total. The van der Waals surface area contributed by atoms with Gasteiger partial charge in [-0.15, -0.1) is 0 Å². The molecule has 7 heteroatoms. The molecular weight excluding hydrogens is 300 g/mol. The predicted octanol–water partition coefficient (Wildman–Crippen LogP) is 1.84. The summed E-state index contributed by atoms with van der Waals surface area (Å²) < 4.78 is 3.95. The van der Waals surface area contributed by atoms with Crippen LogP contribution >= 0.6 is 15.9 Å². The van der Waals surface area contributed by atoms with Crippen molar-refractivity contribution in [3.8, 4) is 11.4 Å². The quantitative estimate of drug-likeness (QED) is 0.938. The Morgan fingerprint density at radius 2 is 2.17 bits per heavy atom. The maximum Gasteiger partial charge on any atom is 0.352 e. The lowest BCUT2D eigenvalue weighted by molar-refractivity contribution is 0.0685. The molecule has 2 heterocycles. The molecule has 18 heavy (non-hydrogen) atoms. The number of aromatic nitrogens is 4. The van der Waals surface area contributed by atoms with Crippen molar-refractivity contribution in [3.05, 3.63) is 22.2 Å². The van der Waals surface area contributed by atoms with Crippen LogP contribution in [0.4, 0.5) is 0 Å². The van der Waals surface area contributed by atoms with Crippen LogP contribution in [0.25, 0.3) is 11.4 Å². The molecule has 0 aromatic carbocycles. The molecule has 0 radical (unpaired) electrons. The van der Waals surface area contributed by atoms with Crippen molar-refractivity contribution < 1.29 is 9.90 Å². The second-order valence-electron chi connectivity index (χ2n) is 3.92. The first-order chi connectivity index (χ1) is 8.49. The van der Waals surface area contributed by atoms with Crippen molar-refractivity contribution >= 4 is 21.9 Å². The average Bonchev–Trinajstić information content (AvgIpc) is 2.82. The largest absolute Gasteiger partial charge is 0.477 e. The lowest BCUT2D eigenvalue weighted by Crippen LogP contribution is -2.07. The number of carbonyl (C=O) groups is 1. The van der Waals surface area contributed by atoms with Crippen LogP contribution in [0.1, 0.15) is 23.0 Å². The van der Waals surface area contributed by atoms with Gasteiger partial charge in [-0.25, -0.2) is 14.5 Å². The molecule has 0 unspecified atom stereocenters. The van der Waals surface area contributed by atoms with Gasteiger partial charge >= 0.3 is 5.97 Å². The molecule has 0 amide bonds. The number of hydrogen-bond acceptors (Lipinski definition) is 3. The fourth-order valence-corrected chi connectivity index (χ4v) is 2.67. The summed E-state index contributed by atoms with van der Waals surface area (Å²) in [7, 11) is 3.49. The smallest absolute Gasteiger partial charge is 0.352 e. The highest BCUT2D eigenvalue weighted by Gasteiger charge is 2.25. The molecular formula is C11H13BrN4O2. The average molecular weight is 313 g/mol. The lowest BCUT2D eigenvalue weighted by Gasteiger charge is -2.02. The number of carboxylic acid groups (broad SMARTS) is 1. The van der Waals surface area contributed by atoms with Gasteiger partial charge in [0.05, 0.1) is 10.2 Å². The van der Waals surface area contributed by atoms with Gasteiger partial charge in [-0.1, -0.05) is 6.92 Å². The summed E-state index contributed by atoms with van der Waals surface area (Å²) in [6.07, 6.45) is 2.07. The normalized spacial score (nSPS) is 10.9. The third kappa shape index (κ3) is 1.74. The first-order valence-corrected chi connectivity index (χ1v) is 6.23. The molecule has 0 spiro atoms. The zero-order valence-electron chi connectivity index (χ0n) is 10.3. The lowest BCUT2D eigenvalue weighted by atomic mass is 10.1. The van der Waals surface area contributed by atoms with E-state index in [2.05, 4.69) is 26.0 Å². The SMILES string of the molecule is CCc1c(-c2ncnn2C)c(Br)n(C)c1C(=O)O. The number of aryl methyl sites for hydroxylation is 1. The Hall–Kier alpha value is -1.63. The van der Waals surface area contributed by atoms with Gasteiger partial charge in [-0.3, -0.25) is 0 Å². The molecule has 0 saturated carbocycles. The van der Waals surface area contributed by atoms with Gasteiger partial charge in [-0.2, -0.15) is 5.10 Å². The van der Waals surface area contributed by atoms with Crippen LogP contribution in [0.15, 0.2) is 10.9 Å². The molecule has 2 rings (SSSR count). The zero-order chi connectivity index (χ0) is 13.4.